The lowest BCUT2D eigenvalue weighted by molar-refractivity contribution is -0.140. The molecule has 0 heterocycles. The second-order valence-electron chi connectivity index (χ2n) is 10.3. The van der Waals surface area contributed by atoms with Crippen molar-refractivity contribution >= 4 is 50.7 Å². The molecular weight excluding hydrogens is 581 g/mol. The van der Waals surface area contributed by atoms with Crippen LogP contribution in [0.3, 0.4) is 0 Å². The number of anilines is 1. The quantitative estimate of drug-likeness (QED) is 0.272. The summed E-state index contributed by atoms with van der Waals surface area (Å²) >= 11 is 12.7. The first-order valence-electron chi connectivity index (χ1n) is 13.8. The van der Waals surface area contributed by atoms with Crippen LogP contribution in [-0.4, -0.2) is 43.8 Å². The van der Waals surface area contributed by atoms with Crippen LogP contribution in [0, 0.1) is 6.92 Å². The highest BCUT2D eigenvalue weighted by atomic mass is 35.5. The third kappa shape index (κ3) is 7.42. The molecule has 0 aliphatic heterocycles. The summed E-state index contributed by atoms with van der Waals surface area (Å²) in [4.78, 5) is 29.3. The number of carbonyl (C=O) groups excluding carboxylic acids is 2. The highest BCUT2D eigenvalue weighted by molar-refractivity contribution is 7.92. The first-order chi connectivity index (χ1) is 19.6. The fourth-order valence-corrected chi connectivity index (χ4v) is 7.05. The van der Waals surface area contributed by atoms with Crippen molar-refractivity contribution < 1.29 is 18.0 Å². The number of benzene rings is 3. The van der Waals surface area contributed by atoms with Crippen LogP contribution in [0.5, 0.6) is 0 Å². The standard InChI is InChI=1S/C31H35Cl2N3O4S/c1-3-28(31(38)34-25-13-9-10-14-25)35(20-23-12-8-7-11-22(23)2)30(37)21-36(29-19-24(32)17-18-27(29)33)41(39,40)26-15-5-4-6-16-26/h4-8,11-12,15-19,25,28H,3,9-10,13-14,20-21H2,1-2H3,(H,34,38)/t28-/m1/s1. The van der Waals surface area contributed by atoms with Gasteiger partial charge in [0, 0.05) is 17.6 Å². The van der Waals surface area contributed by atoms with Gasteiger partial charge in [-0.2, -0.15) is 0 Å². The van der Waals surface area contributed by atoms with Crippen molar-refractivity contribution in [3.63, 3.8) is 0 Å². The Kier molecular flexibility index (Phi) is 10.3. The second kappa shape index (κ2) is 13.7. The van der Waals surface area contributed by atoms with Crippen LogP contribution < -0.4 is 9.62 Å². The lowest BCUT2D eigenvalue weighted by Gasteiger charge is -2.34. The molecule has 0 saturated heterocycles. The summed E-state index contributed by atoms with van der Waals surface area (Å²) < 4.78 is 28.9. The van der Waals surface area contributed by atoms with E-state index in [1.807, 2.05) is 38.1 Å². The number of nitrogens with zero attached hydrogens (tertiary/aromatic N) is 2. The van der Waals surface area contributed by atoms with E-state index in [4.69, 9.17) is 23.2 Å². The monoisotopic (exact) mass is 615 g/mol. The van der Waals surface area contributed by atoms with Crippen LogP contribution in [0.2, 0.25) is 10.0 Å². The zero-order valence-corrected chi connectivity index (χ0v) is 25.6. The minimum absolute atomic E-state index is 0.000291. The van der Waals surface area contributed by atoms with Crippen molar-refractivity contribution in [2.75, 3.05) is 10.8 Å². The third-order valence-electron chi connectivity index (χ3n) is 7.48. The van der Waals surface area contributed by atoms with Gasteiger partial charge >= 0.3 is 0 Å². The third-order valence-corrected chi connectivity index (χ3v) is 9.81. The number of aryl methyl sites for hydroxylation is 1. The Bertz CT molecular complexity index is 1480. The Labute approximate surface area is 252 Å². The number of rotatable bonds is 11. The Morgan fingerprint density at radius 3 is 2.29 bits per heavy atom. The fraction of sp³-hybridized carbons (Fsp3) is 0.355. The molecule has 218 valence electrons. The Balaban J connectivity index is 1.75. The molecule has 0 aromatic heterocycles. The molecule has 10 heteroatoms. The maximum Gasteiger partial charge on any atom is 0.264 e. The van der Waals surface area contributed by atoms with Gasteiger partial charge in [-0.1, -0.05) is 85.4 Å². The summed E-state index contributed by atoms with van der Waals surface area (Å²) in [6.45, 7) is 3.36. The van der Waals surface area contributed by atoms with E-state index in [0.717, 1.165) is 41.1 Å². The summed E-state index contributed by atoms with van der Waals surface area (Å²) in [5.41, 5.74) is 1.91. The average molecular weight is 617 g/mol. The molecule has 0 spiro atoms. The van der Waals surface area contributed by atoms with Gasteiger partial charge in [0.05, 0.1) is 15.6 Å². The number of hydrogen-bond donors (Lipinski definition) is 1. The smallest absolute Gasteiger partial charge is 0.264 e. The molecule has 41 heavy (non-hydrogen) atoms. The molecule has 1 aliphatic carbocycles. The number of hydrogen-bond acceptors (Lipinski definition) is 4. The highest BCUT2D eigenvalue weighted by Crippen LogP contribution is 2.33. The van der Waals surface area contributed by atoms with E-state index in [1.165, 1.54) is 29.2 Å². The Morgan fingerprint density at radius 1 is 0.976 bits per heavy atom. The molecule has 1 N–H and O–H groups in total. The summed E-state index contributed by atoms with van der Waals surface area (Å²) in [6, 6.07) is 19.2. The molecule has 0 bridgehead atoms. The molecule has 2 amide bonds. The van der Waals surface area contributed by atoms with Crippen molar-refractivity contribution in [3.8, 4) is 0 Å². The van der Waals surface area contributed by atoms with Crippen molar-refractivity contribution in [1.29, 1.82) is 0 Å². The van der Waals surface area contributed by atoms with E-state index in [0.29, 0.717) is 6.42 Å². The molecule has 1 atom stereocenters. The van der Waals surface area contributed by atoms with Crippen molar-refractivity contribution in [2.45, 2.75) is 69.5 Å². The van der Waals surface area contributed by atoms with Gasteiger partial charge in [-0.15, -0.1) is 0 Å². The van der Waals surface area contributed by atoms with Crippen LogP contribution in [0.1, 0.15) is 50.2 Å². The predicted molar refractivity (Wildman–Crippen MR) is 164 cm³/mol. The predicted octanol–water partition coefficient (Wildman–Crippen LogP) is 6.36. The van der Waals surface area contributed by atoms with Gasteiger partial charge in [-0.05, 0) is 67.6 Å². The van der Waals surface area contributed by atoms with Gasteiger partial charge in [-0.25, -0.2) is 8.42 Å². The average Bonchev–Trinajstić information content (AvgIpc) is 3.47. The second-order valence-corrected chi connectivity index (χ2v) is 13.0. The zero-order chi connectivity index (χ0) is 29.6. The number of halogens is 2. The molecule has 7 nitrogen and oxygen atoms in total. The maximum atomic E-state index is 14.2. The number of sulfonamides is 1. The molecule has 0 unspecified atom stereocenters. The first-order valence-corrected chi connectivity index (χ1v) is 16.0. The largest absolute Gasteiger partial charge is 0.352 e. The van der Waals surface area contributed by atoms with Crippen LogP contribution in [0.15, 0.2) is 77.7 Å². The Hall–Kier alpha value is -3.07. The molecule has 3 aromatic carbocycles. The van der Waals surface area contributed by atoms with Crippen molar-refractivity contribution in [1.82, 2.24) is 10.2 Å². The van der Waals surface area contributed by atoms with Gasteiger partial charge in [0.25, 0.3) is 10.0 Å². The van der Waals surface area contributed by atoms with Gasteiger partial charge in [0.15, 0.2) is 0 Å². The SMILES string of the molecule is CC[C@H](C(=O)NC1CCCC1)N(Cc1ccccc1C)C(=O)CN(c1cc(Cl)ccc1Cl)S(=O)(=O)c1ccccc1. The minimum Gasteiger partial charge on any atom is -0.352 e. The number of amides is 2. The van der Waals surface area contributed by atoms with Crippen LogP contribution in [-0.2, 0) is 26.2 Å². The van der Waals surface area contributed by atoms with Gasteiger partial charge in [-0.3, -0.25) is 13.9 Å². The topological polar surface area (TPSA) is 86.8 Å². The molecule has 4 rings (SSSR count). The molecular formula is C31H35Cl2N3O4S. The fourth-order valence-electron chi connectivity index (χ4n) is 5.17. The summed E-state index contributed by atoms with van der Waals surface area (Å²) in [5, 5.41) is 3.51. The maximum absolute atomic E-state index is 14.2. The number of carbonyl (C=O) groups is 2. The van der Waals surface area contributed by atoms with Crippen LogP contribution >= 0.6 is 23.2 Å². The van der Waals surface area contributed by atoms with E-state index in [2.05, 4.69) is 5.32 Å². The minimum atomic E-state index is -4.23. The molecule has 3 aromatic rings. The van der Waals surface area contributed by atoms with E-state index in [1.54, 1.807) is 24.3 Å². The normalized spacial score (nSPS) is 14.4. The first kappa shape index (κ1) is 30.9. The van der Waals surface area contributed by atoms with Crippen molar-refractivity contribution in [2.24, 2.45) is 0 Å². The zero-order valence-electron chi connectivity index (χ0n) is 23.2. The van der Waals surface area contributed by atoms with E-state index in [-0.39, 0.29) is 39.1 Å². The highest BCUT2D eigenvalue weighted by Gasteiger charge is 2.35. The van der Waals surface area contributed by atoms with Crippen molar-refractivity contribution in [3.05, 3.63) is 94.0 Å². The summed E-state index contributed by atoms with van der Waals surface area (Å²) in [5.74, 6) is -0.767. The van der Waals surface area contributed by atoms with Gasteiger partial charge < -0.3 is 10.2 Å². The lowest BCUT2D eigenvalue weighted by atomic mass is 10.1. The Morgan fingerprint density at radius 2 is 1.63 bits per heavy atom. The van der Waals surface area contributed by atoms with Gasteiger partial charge in [0.2, 0.25) is 11.8 Å². The van der Waals surface area contributed by atoms with E-state index >= 15 is 0 Å². The molecule has 1 fully saturated rings. The summed E-state index contributed by atoms with van der Waals surface area (Å²) in [7, 11) is -4.23. The van der Waals surface area contributed by atoms with Gasteiger partial charge in [0.1, 0.15) is 12.6 Å². The van der Waals surface area contributed by atoms with Crippen LogP contribution in [0.4, 0.5) is 5.69 Å². The number of nitrogens with one attached hydrogen (secondary N) is 1. The van der Waals surface area contributed by atoms with Crippen LogP contribution in [0.25, 0.3) is 0 Å². The lowest BCUT2D eigenvalue weighted by Crippen LogP contribution is -2.53. The molecule has 1 aliphatic rings. The molecule has 1 saturated carbocycles. The molecule has 0 radical (unpaired) electrons. The summed E-state index contributed by atoms with van der Waals surface area (Å²) in [6.07, 6.45) is 4.29. The van der Waals surface area contributed by atoms with E-state index in [9.17, 15) is 18.0 Å². The van der Waals surface area contributed by atoms with E-state index < -0.39 is 28.5 Å².